The molecule has 0 aromatic heterocycles. The molecule has 0 amide bonds. The van der Waals surface area contributed by atoms with Crippen LogP contribution in [-0.2, 0) is 6.54 Å². The number of nitrogens with zero attached hydrogens (tertiary/aromatic N) is 2. The molecule has 96 valence electrons. The third kappa shape index (κ3) is 4.03. The van der Waals surface area contributed by atoms with Crippen molar-refractivity contribution in [3.05, 3.63) is 33.9 Å². The molecule has 0 aliphatic carbocycles. The highest BCUT2D eigenvalue weighted by atomic mass is 16.6. The first-order valence-electron chi connectivity index (χ1n) is 5.60. The zero-order chi connectivity index (χ0) is 13.4. The average Bonchev–Trinajstić information content (AvgIpc) is 2.36. The number of unbranched alkanes of at least 4 members (excludes halogenated alkanes) is 1. The lowest BCUT2D eigenvalue weighted by Crippen LogP contribution is -2.06. The van der Waals surface area contributed by atoms with Crippen LogP contribution >= 0.6 is 0 Å². The Hall–Kier alpha value is -2.13. The topological polar surface area (TPSA) is 88.2 Å². The third-order valence-electron chi connectivity index (χ3n) is 2.29. The average molecular weight is 249 g/mol. The van der Waals surface area contributed by atoms with Crippen LogP contribution in [0.3, 0.4) is 0 Å². The van der Waals surface area contributed by atoms with Gasteiger partial charge in [-0.3, -0.25) is 10.1 Å². The van der Waals surface area contributed by atoms with Crippen LogP contribution in [0.4, 0.5) is 5.69 Å². The van der Waals surface area contributed by atoms with Gasteiger partial charge in [-0.25, -0.2) is 0 Å². The molecule has 6 nitrogen and oxygen atoms in total. The lowest BCUT2D eigenvalue weighted by Gasteiger charge is -2.07. The molecule has 0 atom stereocenters. The van der Waals surface area contributed by atoms with E-state index in [9.17, 15) is 10.1 Å². The summed E-state index contributed by atoms with van der Waals surface area (Å²) < 4.78 is 5.32. The molecule has 0 bridgehead atoms. The number of nitro groups is 1. The van der Waals surface area contributed by atoms with Crippen molar-refractivity contribution in [2.45, 2.75) is 19.4 Å². The summed E-state index contributed by atoms with van der Waals surface area (Å²) >= 11 is 0. The standard InChI is InChI=1S/C12H15N3O3/c1-14-9-10-4-5-12(11(8-10)15(16)17)18-7-3-2-6-13/h4-5,8,14H,2-3,7,9H2,1H3. The summed E-state index contributed by atoms with van der Waals surface area (Å²) in [6, 6.07) is 6.87. The Labute approximate surface area is 105 Å². The Bertz CT molecular complexity index is 454. The van der Waals surface area contributed by atoms with Gasteiger partial charge in [-0.15, -0.1) is 0 Å². The van der Waals surface area contributed by atoms with E-state index in [1.54, 1.807) is 19.2 Å². The molecule has 0 heterocycles. The number of nitrogens with one attached hydrogen (secondary N) is 1. The summed E-state index contributed by atoms with van der Waals surface area (Å²) in [5, 5.41) is 22.2. The van der Waals surface area contributed by atoms with E-state index in [0.717, 1.165) is 5.56 Å². The van der Waals surface area contributed by atoms with Gasteiger partial charge in [0.25, 0.3) is 0 Å². The Morgan fingerprint density at radius 1 is 1.56 bits per heavy atom. The van der Waals surface area contributed by atoms with Gasteiger partial charge in [0.15, 0.2) is 5.75 Å². The smallest absolute Gasteiger partial charge is 0.311 e. The maximum atomic E-state index is 10.9. The van der Waals surface area contributed by atoms with Crippen LogP contribution in [-0.4, -0.2) is 18.6 Å². The normalized spacial score (nSPS) is 9.78. The fraction of sp³-hybridized carbons (Fsp3) is 0.417. The molecule has 1 rings (SSSR count). The van der Waals surface area contributed by atoms with Crippen LogP contribution in [0.15, 0.2) is 18.2 Å². The first kappa shape index (κ1) is 13.9. The number of hydrogen-bond acceptors (Lipinski definition) is 5. The second-order valence-corrected chi connectivity index (χ2v) is 3.70. The molecule has 0 aliphatic heterocycles. The molecule has 6 heteroatoms. The van der Waals surface area contributed by atoms with Gasteiger partial charge in [-0.1, -0.05) is 6.07 Å². The summed E-state index contributed by atoms with van der Waals surface area (Å²) in [7, 11) is 1.78. The van der Waals surface area contributed by atoms with Crippen molar-refractivity contribution < 1.29 is 9.66 Å². The molecule has 0 spiro atoms. The highest BCUT2D eigenvalue weighted by Gasteiger charge is 2.15. The number of nitriles is 1. The quantitative estimate of drug-likeness (QED) is 0.453. The molecule has 18 heavy (non-hydrogen) atoms. The largest absolute Gasteiger partial charge is 0.487 e. The molecule has 0 fully saturated rings. The monoisotopic (exact) mass is 249 g/mol. The number of rotatable bonds is 7. The van der Waals surface area contributed by atoms with Gasteiger partial charge < -0.3 is 10.1 Å². The molecule has 0 radical (unpaired) electrons. The van der Waals surface area contributed by atoms with E-state index in [1.165, 1.54) is 6.07 Å². The van der Waals surface area contributed by atoms with Crippen molar-refractivity contribution in [3.8, 4) is 11.8 Å². The second-order valence-electron chi connectivity index (χ2n) is 3.70. The summed E-state index contributed by atoms with van der Waals surface area (Å²) in [6.45, 7) is 0.870. The fourth-order valence-corrected chi connectivity index (χ4v) is 1.48. The zero-order valence-electron chi connectivity index (χ0n) is 10.2. The Balaban J connectivity index is 2.77. The summed E-state index contributed by atoms with van der Waals surface area (Å²) in [6.07, 6.45) is 0.942. The Kier molecular flexibility index (Phi) is 5.61. The Morgan fingerprint density at radius 3 is 2.94 bits per heavy atom. The van der Waals surface area contributed by atoms with Crippen molar-refractivity contribution in [2.75, 3.05) is 13.7 Å². The highest BCUT2D eigenvalue weighted by Crippen LogP contribution is 2.28. The molecule has 0 unspecified atom stereocenters. The molecule has 1 aromatic carbocycles. The lowest BCUT2D eigenvalue weighted by molar-refractivity contribution is -0.385. The minimum Gasteiger partial charge on any atom is -0.487 e. The van der Waals surface area contributed by atoms with Crippen LogP contribution in [0.25, 0.3) is 0 Å². The fourth-order valence-electron chi connectivity index (χ4n) is 1.48. The minimum absolute atomic E-state index is 0.0419. The summed E-state index contributed by atoms with van der Waals surface area (Å²) in [5.74, 6) is 0.248. The van der Waals surface area contributed by atoms with Gasteiger partial charge in [0, 0.05) is 19.0 Å². The summed E-state index contributed by atoms with van der Waals surface area (Å²) in [4.78, 5) is 10.5. The molecule has 1 N–H and O–H groups in total. The van der Waals surface area contributed by atoms with E-state index in [0.29, 0.717) is 26.0 Å². The molecule has 0 saturated carbocycles. The van der Waals surface area contributed by atoms with Gasteiger partial charge in [0.05, 0.1) is 17.6 Å². The number of hydrogen-bond donors (Lipinski definition) is 1. The Morgan fingerprint density at radius 2 is 2.33 bits per heavy atom. The molecular weight excluding hydrogens is 234 g/mol. The molecule has 0 aliphatic rings. The van der Waals surface area contributed by atoms with Gasteiger partial charge in [-0.05, 0) is 25.1 Å². The van der Waals surface area contributed by atoms with E-state index < -0.39 is 4.92 Å². The van der Waals surface area contributed by atoms with Crippen LogP contribution < -0.4 is 10.1 Å². The highest BCUT2D eigenvalue weighted by molar-refractivity contribution is 5.48. The maximum Gasteiger partial charge on any atom is 0.311 e. The zero-order valence-corrected chi connectivity index (χ0v) is 10.2. The van der Waals surface area contributed by atoms with Gasteiger partial charge in [-0.2, -0.15) is 5.26 Å². The van der Waals surface area contributed by atoms with E-state index >= 15 is 0 Å². The van der Waals surface area contributed by atoms with Gasteiger partial charge in [0.2, 0.25) is 0 Å². The van der Waals surface area contributed by atoms with Crippen molar-refractivity contribution in [3.63, 3.8) is 0 Å². The molecule has 1 aromatic rings. The number of benzene rings is 1. The number of ether oxygens (including phenoxy) is 1. The van der Waals surface area contributed by atoms with Crippen LogP contribution in [0, 0.1) is 21.4 Å². The van der Waals surface area contributed by atoms with E-state index in [1.807, 2.05) is 6.07 Å². The third-order valence-corrected chi connectivity index (χ3v) is 2.29. The first-order valence-corrected chi connectivity index (χ1v) is 5.60. The predicted octanol–water partition coefficient (Wildman–Crippen LogP) is 2.00. The van der Waals surface area contributed by atoms with Crippen LogP contribution in [0.1, 0.15) is 18.4 Å². The van der Waals surface area contributed by atoms with Crippen molar-refractivity contribution >= 4 is 5.69 Å². The van der Waals surface area contributed by atoms with Crippen LogP contribution in [0.2, 0.25) is 0 Å². The van der Waals surface area contributed by atoms with E-state index in [-0.39, 0.29) is 11.4 Å². The van der Waals surface area contributed by atoms with E-state index in [4.69, 9.17) is 10.00 Å². The second kappa shape index (κ2) is 7.25. The minimum atomic E-state index is -0.460. The maximum absolute atomic E-state index is 10.9. The number of nitro benzene ring substituents is 1. The SMILES string of the molecule is CNCc1ccc(OCCCC#N)c([N+](=O)[O-])c1. The van der Waals surface area contributed by atoms with Crippen LogP contribution in [0.5, 0.6) is 5.75 Å². The molecule has 0 saturated heterocycles. The predicted molar refractivity (Wildman–Crippen MR) is 66.2 cm³/mol. The van der Waals surface area contributed by atoms with Gasteiger partial charge in [0.1, 0.15) is 0 Å². The van der Waals surface area contributed by atoms with E-state index in [2.05, 4.69) is 5.32 Å². The van der Waals surface area contributed by atoms with Crippen molar-refractivity contribution in [1.29, 1.82) is 5.26 Å². The van der Waals surface area contributed by atoms with Crippen molar-refractivity contribution in [2.24, 2.45) is 0 Å². The van der Waals surface area contributed by atoms with Crippen molar-refractivity contribution in [1.82, 2.24) is 5.32 Å². The first-order chi connectivity index (χ1) is 8.69. The summed E-state index contributed by atoms with van der Waals surface area (Å²) in [5.41, 5.74) is 0.785. The molecular formula is C12H15N3O3. The van der Waals surface area contributed by atoms with Gasteiger partial charge >= 0.3 is 5.69 Å². The lowest BCUT2D eigenvalue weighted by atomic mass is 10.2.